The van der Waals surface area contributed by atoms with Crippen LogP contribution < -0.4 is 5.32 Å². The molecule has 5 nitrogen and oxygen atoms in total. The maximum atomic E-state index is 12.0. The molecule has 0 spiro atoms. The van der Waals surface area contributed by atoms with Gasteiger partial charge in [0.25, 0.3) is 0 Å². The highest BCUT2D eigenvalue weighted by Gasteiger charge is 2.57. The number of carbonyl (C=O) groups is 2. The lowest BCUT2D eigenvalue weighted by atomic mass is 10.1. The number of amides is 1. The number of hydrogen-bond acceptors (Lipinski definition) is 4. The van der Waals surface area contributed by atoms with Crippen LogP contribution in [0.2, 0.25) is 0 Å². The number of benzene rings is 1. The molecular weight excluding hydrogens is 264 g/mol. The maximum Gasteiger partial charge on any atom is 0.319 e. The first-order chi connectivity index (χ1) is 9.01. The highest BCUT2D eigenvalue weighted by molar-refractivity contribution is 7.22. The second-order valence-corrected chi connectivity index (χ2v) is 5.86. The summed E-state index contributed by atoms with van der Waals surface area (Å²) in [5.74, 6) is -1.52. The summed E-state index contributed by atoms with van der Waals surface area (Å²) in [7, 11) is 0. The lowest BCUT2D eigenvalue weighted by Gasteiger charge is -2.07. The number of thiazole rings is 1. The van der Waals surface area contributed by atoms with Crippen molar-refractivity contribution in [1.29, 1.82) is 0 Å². The predicted molar refractivity (Wildman–Crippen MR) is 72.3 cm³/mol. The fourth-order valence-electron chi connectivity index (χ4n) is 1.97. The Morgan fingerprint density at radius 3 is 2.79 bits per heavy atom. The molecule has 98 valence electrons. The van der Waals surface area contributed by atoms with Gasteiger partial charge in [0, 0.05) is 0 Å². The van der Waals surface area contributed by atoms with Crippen molar-refractivity contribution in [1.82, 2.24) is 4.98 Å². The third-order valence-electron chi connectivity index (χ3n) is 3.36. The van der Waals surface area contributed by atoms with Gasteiger partial charge in [0.05, 0.1) is 10.2 Å². The Morgan fingerprint density at radius 1 is 1.42 bits per heavy atom. The van der Waals surface area contributed by atoms with Crippen molar-refractivity contribution in [3.63, 3.8) is 0 Å². The van der Waals surface area contributed by atoms with E-state index in [1.165, 1.54) is 11.3 Å². The molecule has 0 aliphatic heterocycles. The van der Waals surface area contributed by atoms with Crippen LogP contribution in [0.4, 0.5) is 5.13 Å². The lowest BCUT2D eigenvalue weighted by Crippen LogP contribution is -2.31. The lowest BCUT2D eigenvalue weighted by molar-refractivity contribution is -0.147. The third-order valence-corrected chi connectivity index (χ3v) is 4.29. The molecule has 1 aliphatic rings. The van der Waals surface area contributed by atoms with Gasteiger partial charge in [-0.1, -0.05) is 17.4 Å². The number of aromatic nitrogens is 1. The van der Waals surface area contributed by atoms with Crippen LogP contribution in [0, 0.1) is 12.3 Å². The second kappa shape index (κ2) is 4.03. The Balaban J connectivity index is 1.86. The highest BCUT2D eigenvalue weighted by Crippen LogP contribution is 2.47. The first-order valence-electron chi connectivity index (χ1n) is 5.93. The smallest absolute Gasteiger partial charge is 0.319 e. The van der Waals surface area contributed by atoms with Gasteiger partial charge >= 0.3 is 5.97 Å². The average molecular weight is 276 g/mol. The van der Waals surface area contributed by atoms with Crippen LogP contribution >= 0.6 is 11.3 Å². The molecule has 1 fully saturated rings. The zero-order valence-electron chi connectivity index (χ0n) is 10.3. The molecule has 2 N–H and O–H groups in total. The molecule has 3 rings (SSSR count). The number of nitrogens with one attached hydrogen (secondary N) is 1. The molecule has 0 unspecified atom stereocenters. The Morgan fingerprint density at radius 2 is 2.16 bits per heavy atom. The van der Waals surface area contributed by atoms with Crippen LogP contribution in [-0.4, -0.2) is 22.0 Å². The number of carboxylic acid groups (broad SMARTS) is 1. The third kappa shape index (κ3) is 1.98. The summed E-state index contributed by atoms with van der Waals surface area (Å²) in [4.78, 5) is 27.3. The van der Waals surface area contributed by atoms with Crippen LogP contribution in [0.1, 0.15) is 18.4 Å². The molecule has 2 aromatic rings. The van der Waals surface area contributed by atoms with Crippen molar-refractivity contribution in [2.24, 2.45) is 5.41 Å². The van der Waals surface area contributed by atoms with Gasteiger partial charge in [-0.15, -0.1) is 0 Å². The highest BCUT2D eigenvalue weighted by atomic mass is 32.1. The molecule has 0 bridgehead atoms. The second-order valence-electron chi connectivity index (χ2n) is 4.83. The molecule has 6 heteroatoms. The van der Waals surface area contributed by atoms with Gasteiger partial charge in [-0.25, -0.2) is 4.98 Å². The van der Waals surface area contributed by atoms with E-state index in [2.05, 4.69) is 10.3 Å². The predicted octanol–water partition coefficient (Wildman–Crippen LogP) is 2.41. The van der Waals surface area contributed by atoms with Gasteiger partial charge in [-0.2, -0.15) is 0 Å². The van der Waals surface area contributed by atoms with Crippen LogP contribution in [0.3, 0.4) is 0 Å². The molecular formula is C13H12N2O3S. The summed E-state index contributed by atoms with van der Waals surface area (Å²) < 4.78 is 0.982. The Labute approximate surface area is 113 Å². The maximum absolute atomic E-state index is 12.0. The summed E-state index contributed by atoms with van der Waals surface area (Å²) >= 11 is 1.36. The number of hydrogen-bond donors (Lipinski definition) is 2. The van der Waals surface area contributed by atoms with E-state index in [1.54, 1.807) is 0 Å². The average Bonchev–Trinajstić information content (AvgIpc) is 3.07. The van der Waals surface area contributed by atoms with Crippen molar-refractivity contribution < 1.29 is 14.7 Å². The van der Waals surface area contributed by atoms with E-state index < -0.39 is 17.3 Å². The number of nitrogens with zero attached hydrogens (tertiary/aromatic N) is 1. The van der Waals surface area contributed by atoms with E-state index in [0.717, 1.165) is 15.8 Å². The number of carbonyl (C=O) groups excluding carboxylic acids is 1. The quantitative estimate of drug-likeness (QED) is 0.844. The molecule has 1 heterocycles. The van der Waals surface area contributed by atoms with E-state index in [4.69, 9.17) is 5.11 Å². The van der Waals surface area contributed by atoms with Gasteiger partial charge in [0.15, 0.2) is 5.13 Å². The Bertz CT molecular complexity index is 688. The molecule has 19 heavy (non-hydrogen) atoms. The van der Waals surface area contributed by atoms with Crippen LogP contribution in [0.25, 0.3) is 10.2 Å². The zero-order chi connectivity index (χ0) is 13.6. The SMILES string of the molecule is Cc1ccc2nc(NC(=O)C3(C(=O)O)CC3)sc2c1. The molecule has 0 atom stereocenters. The van der Waals surface area contributed by atoms with Crippen molar-refractivity contribution in [3.05, 3.63) is 23.8 Å². The zero-order valence-corrected chi connectivity index (χ0v) is 11.1. The number of anilines is 1. The standard InChI is InChI=1S/C13H12N2O3S/c1-7-2-3-8-9(6-7)19-12(14-8)15-10(16)13(4-5-13)11(17)18/h2-3,6H,4-5H2,1H3,(H,17,18)(H,14,15,16). The Hall–Kier alpha value is -1.95. The van der Waals surface area contributed by atoms with Gasteiger partial charge in [-0.3, -0.25) is 9.59 Å². The monoisotopic (exact) mass is 276 g/mol. The molecule has 1 saturated carbocycles. The number of fused-ring (bicyclic) bond motifs is 1. The molecule has 1 amide bonds. The van der Waals surface area contributed by atoms with Gasteiger partial charge < -0.3 is 10.4 Å². The van der Waals surface area contributed by atoms with Gasteiger partial charge in [-0.05, 0) is 37.5 Å². The molecule has 0 radical (unpaired) electrons. The summed E-state index contributed by atoms with van der Waals surface area (Å²) in [6, 6.07) is 5.83. The van der Waals surface area contributed by atoms with E-state index >= 15 is 0 Å². The largest absolute Gasteiger partial charge is 0.480 e. The molecule has 1 aliphatic carbocycles. The summed E-state index contributed by atoms with van der Waals surface area (Å²) in [6.45, 7) is 1.99. The van der Waals surface area contributed by atoms with Gasteiger partial charge in [0.1, 0.15) is 5.41 Å². The topological polar surface area (TPSA) is 79.3 Å². The normalized spacial score (nSPS) is 16.3. The van der Waals surface area contributed by atoms with Crippen LogP contribution in [0.15, 0.2) is 18.2 Å². The minimum absolute atomic E-state index is 0.401. The summed E-state index contributed by atoms with van der Waals surface area (Å²) in [5, 5.41) is 12.1. The van der Waals surface area contributed by atoms with Crippen molar-refractivity contribution in [2.75, 3.05) is 5.32 Å². The van der Waals surface area contributed by atoms with Crippen molar-refractivity contribution >= 4 is 38.6 Å². The molecule has 0 saturated heterocycles. The van der Waals surface area contributed by atoms with E-state index in [1.807, 2.05) is 25.1 Å². The first-order valence-corrected chi connectivity index (χ1v) is 6.75. The summed E-state index contributed by atoms with van der Waals surface area (Å²) in [5.41, 5.74) is 0.706. The number of carboxylic acids is 1. The summed E-state index contributed by atoms with van der Waals surface area (Å²) in [6.07, 6.45) is 0.802. The molecule has 1 aromatic carbocycles. The number of rotatable bonds is 3. The van der Waals surface area contributed by atoms with E-state index in [9.17, 15) is 9.59 Å². The van der Waals surface area contributed by atoms with Crippen LogP contribution in [0.5, 0.6) is 0 Å². The minimum atomic E-state index is -1.23. The number of aryl methyl sites for hydroxylation is 1. The number of aliphatic carboxylic acids is 1. The van der Waals surface area contributed by atoms with E-state index in [-0.39, 0.29) is 0 Å². The van der Waals surface area contributed by atoms with Crippen molar-refractivity contribution in [3.8, 4) is 0 Å². The first kappa shape index (κ1) is 12.1. The van der Waals surface area contributed by atoms with E-state index in [0.29, 0.717) is 18.0 Å². The fourth-order valence-corrected chi connectivity index (χ4v) is 2.92. The van der Waals surface area contributed by atoms with Crippen molar-refractivity contribution in [2.45, 2.75) is 19.8 Å². The molecule has 1 aromatic heterocycles. The minimum Gasteiger partial charge on any atom is -0.480 e. The van der Waals surface area contributed by atoms with Crippen LogP contribution in [-0.2, 0) is 9.59 Å². The Kier molecular flexibility index (Phi) is 2.56. The van der Waals surface area contributed by atoms with Gasteiger partial charge in [0.2, 0.25) is 5.91 Å². The fraction of sp³-hybridized carbons (Fsp3) is 0.308.